The highest BCUT2D eigenvalue weighted by molar-refractivity contribution is 6.31. The van der Waals surface area contributed by atoms with Crippen molar-refractivity contribution < 1.29 is 14.5 Å². The van der Waals surface area contributed by atoms with Gasteiger partial charge in [-0.3, -0.25) is 19.7 Å². The molecular weight excluding hydrogens is 322 g/mol. The first-order chi connectivity index (χ1) is 10.9. The van der Waals surface area contributed by atoms with Crippen molar-refractivity contribution in [2.75, 3.05) is 5.32 Å². The van der Waals surface area contributed by atoms with Crippen LogP contribution >= 0.6 is 11.6 Å². The number of benzene rings is 2. The van der Waals surface area contributed by atoms with E-state index in [1.807, 2.05) is 0 Å². The molecule has 0 saturated heterocycles. The van der Waals surface area contributed by atoms with Crippen LogP contribution in [0.25, 0.3) is 0 Å². The number of nitro groups is 1. The van der Waals surface area contributed by atoms with Crippen LogP contribution in [-0.2, 0) is 11.2 Å². The van der Waals surface area contributed by atoms with E-state index in [0.717, 1.165) is 6.07 Å². The number of nitro benzene ring substituents is 1. The minimum atomic E-state index is -0.684. The molecule has 0 aliphatic heterocycles. The molecule has 0 fully saturated rings. The zero-order chi connectivity index (χ0) is 17.0. The molecule has 23 heavy (non-hydrogen) atoms. The fourth-order valence-electron chi connectivity index (χ4n) is 2.02. The highest BCUT2D eigenvalue weighted by Gasteiger charge is 2.21. The lowest BCUT2D eigenvalue weighted by Gasteiger charge is -2.10. The standard InChI is InChI=1S/C15H12ClN3O4/c16-10-5-6-11(13(8-10)19(22)23)15(21)18-12-4-2-1-3-9(12)7-14(17)20/h1-6,8H,7H2,(H2,17,20)(H,18,21). The highest BCUT2D eigenvalue weighted by atomic mass is 35.5. The topological polar surface area (TPSA) is 115 Å². The maximum Gasteiger partial charge on any atom is 0.283 e. The third kappa shape index (κ3) is 4.04. The molecule has 2 aromatic rings. The van der Waals surface area contributed by atoms with Gasteiger partial charge in [0, 0.05) is 16.8 Å². The van der Waals surface area contributed by atoms with Gasteiger partial charge in [-0.2, -0.15) is 0 Å². The van der Waals surface area contributed by atoms with Crippen LogP contribution in [0.4, 0.5) is 11.4 Å². The van der Waals surface area contributed by atoms with E-state index in [0.29, 0.717) is 11.3 Å². The number of primary amides is 1. The number of para-hydroxylation sites is 1. The van der Waals surface area contributed by atoms with E-state index in [-0.39, 0.29) is 17.0 Å². The molecule has 2 amide bonds. The molecule has 2 aromatic carbocycles. The lowest BCUT2D eigenvalue weighted by molar-refractivity contribution is -0.385. The zero-order valence-corrected chi connectivity index (χ0v) is 12.5. The van der Waals surface area contributed by atoms with Crippen molar-refractivity contribution in [3.63, 3.8) is 0 Å². The first-order valence-corrected chi connectivity index (χ1v) is 6.88. The Labute approximate surface area is 136 Å². The first kappa shape index (κ1) is 16.4. The Morgan fingerprint density at radius 1 is 1.22 bits per heavy atom. The predicted octanol–water partition coefficient (Wildman–Crippen LogP) is 2.53. The van der Waals surface area contributed by atoms with Gasteiger partial charge in [0.1, 0.15) is 5.56 Å². The second-order valence-electron chi connectivity index (χ2n) is 4.67. The van der Waals surface area contributed by atoms with Gasteiger partial charge < -0.3 is 11.1 Å². The van der Waals surface area contributed by atoms with E-state index >= 15 is 0 Å². The molecule has 0 radical (unpaired) electrons. The van der Waals surface area contributed by atoms with Crippen LogP contribution in [0.5, 0.6) is 0 Å². The van der Waals surface area contributed by atoms with Crippen molar-refractivity contribution in [1.82, 2.24) is 0 Å². The molecule has 118 valence electrons. The number of anilines is 1. The molecule has 0 unspecified atom stereocenters. The number of halogens is 1. The lowest BCUT2D eigenvalue weighted by atomic mass is 10.1. The van der Waals surface area contributed by atoms with Crippen LogP contribution in [-0.4, -0.2) is 16.7 Å². The van der Waals surface area contributed by atoms with Crippen molar-refractivity contribution in [2.45, 2.75) is 6.42 Å². The molecule has 0 spiro atoms. The maximum atomic E-state index is 12.3. The molecule has 0 heterocycles. The normalized spacial score (nSPS) is 10.1. The zero-order valence-electron chi connectivity index (χ0n) is 11.8. The summed E-state index contributed by atoms with van der Waals surface area (Å²) in [5.41, 5.74) is 5.51. The van der Waals surface area contributed by atoms with Gasteiger partial charge in [0.2, 0.25) is 5.91 Å². The molecule has 0 aromatic heterocycles. The summed E-state index contributed by atoms with van der Waals surface area (Å²) in [5.74, 6) is -1.23. The van der Waals surface area contributed by atoms with E-state index < -0.39 is 22.4 Å². The largest absolute Gasteiger partial charge is 0.369 e. The monoisotopic (exact) mass is 333 g/mol. The average Bonchev–Trinajstić information content (AvgIpc) is 2.48. The first-order valence-electron chi connectivity index (χ1n) is 6.50. The summed E-state index contributed by atoms with van der Waals surface area (Å²) >= 11 is 5.72. The van der Waals surface area contributed by atoms with Crippen molar-refractivity contribution >= 4 is 34.8 Å². The lowest BCUT2D eigenvalue weighted by Crippen LogP contribution is -2.18. The molecule has 3 N–H and O–H groups in total. The molecule has 7 nitrogen and oxygen atoms in total. The molecule has 0 saturated carbocycles. The van der Waals surface area contributed by atoms with Crippen LogP contribution in [0.2, 0.25) is 5.02 Å². The van der Waals surface area contributed by atoms with Crippen LogP contribution in [0.3, 0.4) is 0 Å². The van der Waals surface area contributed by atoms with Gasteiger partial charge in [-0.05, 0) is 23.8 Å². The van der Waals surface area contributed by atoms with Gasteiger partial charge in [-0.25, -0.2) is 0 Å². The summed E-state index contributed by atoms with van der Waals surface area (Å²) in [4.78, 5) is 33.7. The molecule has 0 atom stereocenters. The smallest absolute Gasteiger partial charge is 0.283 e. The Bertz CT molecular complexity index is 792. The van der Waals surface area contributed by atoms with Crippen LogP contribution < -0.4 is 11.1 Å². The fourth-order valence-corrected chi connectivity index (χ4v) is 2.19. The molecule has 0 bridgehead atoms. The summed E-state index contributed by atoms with van der Waals surface area (Å²) in [7, 11) is 0. The average molecular weight is 334 g/mol. The summed E-state index contributed by atoms with van der Waals surface area (Å²) < 4.78 is 0. The third-order valence-corrected chi connectivity index (χ3v) is 3.27. The minimum absolute atomic E-state index is 0.0564. The Morgan fingerprint density at radius 2 is 1.91 bits per heavy atom. The number of carbonyl (C=O) groups excluding carboxylic acids is 2. The number of nitrogens with one attached hydrogen (secondary N) is 1. The van der Waals surface area contributed by atoms with Gasteiger partial charge in [-0.1, -0.05) is 29.8 Å². The van der Waals surface area contributed by atoms with Crippen molar-refractivity contribution in [2.24, 2.45) is 5.73 Å². The number of rotatable bonds is 5. The van der Waals surface area contributed by atoms with E-state index in [1.165, 1.54) is 12.1 Å². The summed E-state index contributed by atoms with van der Waals surface area (Å²) in [6.45, 7) is 0. The number of carbonyl (C=O) groups is 2. The summed E-state index contributed by atoms with van der Waals surface area (Å²) in [6.07, 6.45) is -0.0564. The number of hydrogen-bond donors (Lipinski definition) is 2. The van der Waals surface area contributed by atoms with Crippen molar-refractivity contribution in [3.8, 4) is 0 Å². The third-order valence-electron chi connectivity index (χ3n) is 3.03. The van der Waals surface area contributed by atoms with Crippen LogP contribution in [0.1, 0.15) is 15.9 Å². The van der Waals surface area contributed by atoms with Gasteiger partial charge in [0.25, 0.3) is 11.6 Å². The molecule has 8 heteroatoms. The highest BCUT2D eigenvalue weighted by Crippen LogP contribution is 2.25. The maximum absolute atomic E-state index is 12.3. The second-order valence-corrected chi connectivity index (χ2v) is 5.11. The predicted molar refractivity (Wildman–Crippen MR) is 85.4 cm³/mol. The van der Waals surface area contributed by atoms with Gasteiger partial charge in [0.15, 0.2) is 0 Å². The van der Waals surface area contributed by atoms with E-state index in [1.54, 1.807) is 24.3 Å². The molecule has 0 aliphatic carbocycles. The van der Waals surface area contributed by atoms with Crippen molar-refractivity contribution in [1.29, 1.82) is 0 Å². The van der Waals surface area contributed by atoms with E-state index in [4.69, 9.17) is 17.3 Å². The molecular formula is C15H12ClN3O4. The quantitative estimate of drug-likeness (QED) is 0.646. The SMILES string of the molecule is NC(=O)Cc1ccccc1NC(=O)c1ccc(Cl)cc1[N+](=O)[O-]. The number of hydrogen-bond acceptors (Lipinski definition) is 4. The van der Waals surface area contributed by atoms with Gasteiger partial charge in [0.05, 0.1) is 11.3 Å². The minimum Gasteiger partial charge on any atom is -0.369 e. The second kappa shape index (κ2) is 6.89. The Kier molecular flexibility index (Phi) is 4.92. The number of nitrogens with zero attached hydrogens (tertiary/aromatic N) is 1. The Balaban J connectivity index is 2.34. The number of nitrogens with two attached hydrogens (primary N) is 1. The van der Waals surface area contributed by atoms with Crippen LogP contribution in [0.15, 0.2) is 42.5 Å². The molecule has 0 aliphatic rings. The van der Waals surface area contributed by atoms with Gasteiger partial charge >= 0.3 is 0 Å². The van der Waals surface area contributed by atoms with Crippen LogP contribution in [0, 0.1) is 10.1 Å². The number of amides is 2. The summed E-state index contributed by atoms with van der Waals surface area (Å²) in [5, 5.41) is 13.8. The van der Waals surface area contributed by atoms with Gasteiger partial charge in [-0.15, -0.1) is 0 Å². The Hall–Kier alpha value is -2.93. The van der Waals surface area contributed by atoms with E-state index in [9.17, 15) is 19.7 Å². The molecule has 2 rings (SSSR count). The fraction of sp³-hybridized carbons (Fsp3) is 0.0667. The Morgan fingerprint density at radius 3 is 2.57 bits per heavy atom. The van der Waals surface area contributed by atoms with Crippen molar-refractivity contribution in [3.05, 3.63) is 68.7 Å². The van der Waals surface area contributed by atoms with E-state index in [2.05, 4.69) is 5.32 Å². The summed E-state index contributed by atoms with van der Waals surface area (Å²) in [6, 6.07) is 10.3.